The number of likely N-dealkylation sites (tertiary alicyclic amines) is 1. The molecule has 1 aliphatic heterocycles. The van der Waals surface area contributed by atoms with Gasteiger partial charge in [-0.3, -0.25) is 4.90 Å². The van der Waals surface area contributed by atoms with Crippen molar-refractivity contribution >= 4 is 33.6 Å². The summed E-state index contributed by atoms with van der Waals surface area (Å²) in [7, 11) is 0. The summed E-state index contributed by atoms with van der Waals surface area (Å²) in [5.41, 5.74) is 4.85. The van der Waals surface area contributed by atoms with E-state index in [0.29, 0.717) is 11.1 Å². The first-order chi connectivity index (χ1) is 17.7. The van der Waals surface area contributed by atoms with Gasteiger partial charge in [0, 0.05) is 42.8 Å². The van der Waals surface area contributed by atoms with Gasteiger partial charge in [0.25, 0.3) is 0 Å². The molecule has 1 fully saturated rings. The summed E-state index contributed by atoms with van der Waals surface area (Å²) in [6, 6.07) is 26.6. The molecule has 5 heteroatoms. The lowest BCUT2D eigenvalue weighted by Crippen LogP contribution is -2.39. The van der Waals surface area contributed by atoms with Crippen LogP contribution in [0.2, 0.25) is 0 Å². The molecule has 3 heterocycles. The second-order valence-corrected chi connectivity index (χ2v) is 9.45. The highest BCUT2D eigenvalue weighted by Gasteiger charge is 2.23. The van der Waals surface area contributed by atoms with E-state index in [1.807, 2.05) is 60.8 Å². The Hall–Kier alpha value is -4.09. The maximum Gasteiger partial charge on any atom is 0.346 e. The first-order valence-electron chi connectivity index (χ1n) is 12.6. The van der Waals surface area contributed by atoms with Crippen molar-refractivity contribution in [1.29, 1.82) is 0 Å². The lowest BCUT2D eigenvalue weighted by molar-refractivity contribution is 0.240. The number of hydrogen-bond donors (Lipinski definition) is 2. The zero-order chi connectivity index (χ0) is 24.3. The number of hydrogen-bond acceptors (Lipinski definition) is 4. The monoisotopic (exact) mass is 475 g/mol. The predicted octanol–water partition coefficient (Wildman–Crippen LogP) is 6.53. The van der Waals surface area contributed by atoms with Gasteiger partial charge in [-0.05, 0) is 53.6 Å². The van der Waals surface area contributed by atoms with Gasteiger partial charge in [0.15, 0.2) is 0 Å². The minimum Gasteiger partial charge on any atom is -0.422 e. The average Bonchev–Trinajstić information content (AvgIpc) is 3.38. The molecule has 1 aliphatic rings. The molecular formula is C31H29N3O2. The molecule has 5 aromatic rings. The van der Waals surface area contributed by atoms with Crippen molar-refractivity contribution in [1.82, 2.24) is 9.88 Å². The van der Waals surface area contributed by atoms with E-state index in [-0.39, 0.29) is 11.7 Å². The van der Waals surface area contributed by atoms with Gasteiger partial charge in [0.1, 0.15) is 5.58 Å². The number of aromatic amines is 1. The van der Waals surface area contributed by atoms with Crippen LogP contribution >= 0.6 is 0 Å². The van der Waals surface area contributed by atoms with Gasteiger partial charge in [-0.25, -0.2) is 4.79 Å². The summed E-state index contributed by atoms with van der Waals surface area (Å²) in [6.45, 7) is 2.97. The van der Waals surface area contributed by atoms with Crippen LogP contribution in [-0.4, -0.2) is 35.6 Å². The van der Waals surface area contributed by atoms with Crippen LogP contribution < -0.4 is 10.9 Å². The molecule has 36 heavy (non-hydrogen) atoms. The fourth-order valence-electron chi connectivity index (χ4n) is 5.13. The quantitative estimate of drug-likeness (QED) is 0.274. The van der Waals surface area contributed by atoms with E-state index >= 15 is 0 Å². The molecule has 1 saturated heterocycles. The van der Waals surface area contributed by atoms with E-state index in [4.69, 9.17) is 4.42 Å². The minimum absolute atomic E-state index is 0.289. The van der Waals surface area contributed by atoms with Crippen molar-refractivity contribution in [2.24, 2.45) is 0 Å². The second kappa shape index (κ2) is 9.88. The van der Waals surface area contributed by atoms with Crippen LogP contribution in [0.4, 0.5) is 5.69 Å². The van der Waals surface area contributed by atoms with Crippen molar-refractivity contribution in [3.8, 4) is 11.1 Å². The van der Waals surface area contributed by atoms with E-state index in [1.54, 1.807) is 0 Å². The Morgan fingerprint density at radius 3 is 2.64 bits per heavy atom. The van der Waals surface area contributed by atoms with Crippen molar-refractivity contribution in [3.05, 3.63) is 107 Å². The molecule has 0 amide bonds. The maximum absolute atomic E-state index is 13.2. The fourth-order valence-corrected chi connectivity index (χ4v) is 5.13. The van der Waals surface area contributed by atoms with Gasteiger partial charge < -0.3 is 14.7 Å². The lowest BCUT2D eigenvalue weighted by Gasteiger charge is -2.32. The Labute approximate surface area is 210 Å². The van der Waals surface area contributed by atoms with Gasteiger partial charge in [-0.15, -0.1) is 0 Å². The van der Waals surface area contributed by atoms with Crippen LogP contribution in [-0.2, 0) is 0 Å². The average molecular weight is 476 g/mol. The Kier molecular flexibility index (Phi) is 6.14. The van der Waals surface area contributed by atoms with E-state index in [2.05, 4.69) is 51.6 Å². The van der Waals surface area contributed by atoms with Crippen molar-refractivity contribution in [2.45, 2.75) is 18.9 Å². The number of rotatable bonds is 6. The molecule has 0 radical (unpaired) electrons. The normalized spacial score (nSPS) is 15.2. The highest BCUT2D eigenvalue weighted by atomic mass is 16.4. The summed E-state index contributed by atoms with van der Waals surface area (Å²) in [6.07, 6.45) is 8.38. The molecule has 0 saturated carbocycles. The summed E-state index contributed by atoms with van der Waals surface area (Å²) in [5, 5.41) is 5.82. The fraction of sp³-hybridized carbons (Fsp3) is 0.194. The van der Waals surface area contributed by atoms with E-state index in [0.717, 1.165) is 60.0 Å². The van der Waals surface area contributed by atoms with Gasteiger partial charge in [0.05, 0.1) is 11.3 Å². The molecule has 0 unspecified atom stereocenters. The third kappa shape index (κ3) is 4.58. The SMILES string of the molecule is O=c1oc2ccccc2c(NC2CCN(CC=Cc3ccccc3)CC2)c1-c1ccc2cc[nH]c2c1. The Morgan fingerprint density at radius 1 is 0.972 bits per heavy atom. The highest BCUT2D eigenvalue weighted by Crippen LogP contribution is 2.34. The smallest absolute Gasteiger partial charge is 0.346 e. The number of piperidine rings is 1. The van der Waals surface area contributed by atoms with Gasteiger partial charge >= 0.3 is 5.63 Å². The number of benzene rings is 3. The molecule has 0 spiro atoms. The third-order valence-corrected chi connectivity index (χ3v) is 7.07. The first-order valence-corrected chi connectivity index (χ1v) is 12.6. The molecule has 5 nitrogen and oxygen atoms in total. The molecule has 3 aromatic carbocycles. The van der Waals surface area contributed by atoms with Crippen LogP contribution in [0.15, 0.2) is 100 Å². The zero-order valence-corrected chi connectivity index (χ0v) is 20.1. The highest BCUT2D eigenvalue weighted by molar-refractivity contribution is 5.99. The molecule has 0 bridgehead atoms. The summed E-state index contributed by atoms with van der Waals surface area (Å²) >= 11 is 0. The van der Waals surface area contributed by atoms with E-state index in [1.165, 1.54) is 5.56 Å². The van der Waals surface area contributed by atoms with Crippen LogP contribution in [0.5, 0.6) is 0 Å². The standard InChI is InChI=1S/C31H29N3O2/c35-31-29(24-13-12-23-14-17-32-27(23)21-24)30(26-10-4-5-11-28(26)36-31)33-25-15-19-34(20-16-25)18-6-9-22-7-2-1-3-8-22/h1-14,17,21,25,32-33H,15-16,18-20H2. The predicted molar refractivity (Wildman–Crippen MR) is 148 cm³/mol. The Balaban J connectivity index is 1.24. The maximum atomic E-state index is 13.2. The molecule has 0 atom stereocenters. The summed E-state index contributed by atoms with van der Waals surface area (Å²) < 4.78 is 5.75. The topological polar surface area (TPSA) is 61.3 Å². The van der Waals surface area contributed by atoms with E-state index in [9.17, 15) is 4.79 Å². The molecule has 2 N–H and O–H groups in total. The molecule has 180 valence electrons. The van der Waals surface area contributed by atoms with Crippen LogP contribution in [0.25, 0.3) is 39.1 Å². The second-order valence-electron chi connectivity index (χ2n) is 9.45. The lowest BCUT2D eigenvalue weighted by atomic mass is 9.99. The number of H-pyrrole nitrogens is 1. The number of fused-ring (bicyclic) bond motifs is 2. The van der Waals surface area contributed by atoms with Crippen molar-refractivity contribution < 1.29 is 4.42 Å². The number of aromatic nitrogens is 1. The molecular weight excluding hydrogens is 446 g/mol. The molecule has 2 aromatic heterocycles. The molecule has 0 aliphatic carbocycles. The van der Waals surface area contributed by atoms with Crippen LogP contribution in [0.1, 0.15) is 18.4 Å². The summed E-state index contributed by atoms with van der Waals surface area (Å²) in [5.74, 6) is 0. The molecule has 6 rings (SSSR count). The van der Waals surface area contributed by atoms with Gasteiger partial charge in [-0.1, -0.05) is 66.7 Å². The minimum atomic E-state index is -0.314. The van der Waals surface area contributed by atoms with Crippen LogP contribution in [0, 0.1) is 0 Å². The van der Waals surface area contributed by atoms with Crippen molar-refractivity contribution in [3.63, 3.8) is 0 Å². The number of para-hydroxylation sites is 1. The Bertz CT molecular complexity index is 1570. The van der Waals surface area contributed by atoms with E-state index < -0.39 is 0 Å². The summed E-state index contributed by atoms with van der Waals surface area (Å²) in [4.78, 5) is 19.0. The van der Waals surface area contributed by atoms with Crippen molar-refractivity contribution in [2.75, 3.05) is 25.0 Å². The van der Waals surface area contributed by atoms with Crippen LogP contribution in [0.3, 0.4) is 0 Å². The third-order valence-electron chi connectivity index (χ3n) is 7.07. The first kappa shape index (κ1) is 22.4. The number of nitrogens with zero attached hydrogens (tertiary/aromatic N) is 1. The zero-order valence-electron chi connectivity index (χ0n) is 20.1. The Morgan fingerprint density at radius 2 is 1.78 bits per heavy atom. The number of nitrogens with one attached hydrogen (secondary N) is 2. The van der Waals surface area contributed by atoms with Gasteiger partial charge in [-0.2, -0.15) is 0 Å². The largest absolute Gasteiger partial charge is 0.422 e. The van der Waals surface area contributed by atoms with Gasteiger partial charge in [0.2, 0.25) is 0 Å². The number of anilines is 1.